The zero-order chi connectivity index (χ0) is 14.8. The molecule has 3 rings (SSSR count). The van der Waals surface area contributed by atoms with Crippen molar-refractivity contribution in [2.45, 2.75) is 19.4 Å². The summed E-state index contributed by atoms with van der Waals surface area (Å²) >= 11 is 7.08. The van der Waals surface area contributed by atoms with Crippen molar-refractivity contribution in [2.24, 2.45) is 0 Å². The largest absolute Gasteiger partial charge is 0.309 e. The van der Waals surface area contributed by atoms with Crippen molar-refractivity contribution in [1.29, 1.82) is 0 Å². The Morgan fingerprint density at radius 2 is 2.10 bits per heavy atom. The van der Waals surface area contributed by atoms with Gasteiger partial charge in [0.2, 0.25) is 0 Å². The van der Waals surface area contributed by atoms with Crippen molar-refractivity contribution in [2.75, 3.05) is 6.54 Å². The fraction of sp³-hybridized carbons (Fsp3) is 0.250. The third-order valence-corrected chi connectivity index (χ3v) is 6.34. The first-order valence-electron chi connectivity index (χ1n) is 6.81. The lowest BCUT2D eigenvalue weighted by Gasteiger charge is -2.17. The van der Waals surface area contributed by atoms with Crippen LogP contribution in [0.2, 0.25) is 0 Å². The van der Waals surface area contributed by atoms with Gasteiger partial charge in [0.05, 0.1) is 0 Å². The van der Waals surface area contributed by atoms with E-state index in [1.807, 2.05) is 17.4 Å². The van der Waals surface area contributed by atoms with Gasteiger partial charge in [-0.2, -0.15) is 0 Å². The number of halogens is 2. The number of fused-ring (bicyclic) bond motifs is 1. The fourth-order valence-corrected chi connectivity index (χ4v) is 5.09. The molecular weight excluding hydrogens is 369 g/mol. The van der Waals surface area contributed by atoms with Crippen LogP contribution in [0.3, 0.4) is 0 Å². The standard InChI is InChI=1S/C16H15BrFNS2/c1-2-19-13(7-10-3-4-11(18)8-12(10)17)15-9-16-14(21-15)5-6-20-16/h3-6,8-9,13,19H,2,7H2,1H3. The quantitative estimate of drug-likeness (QED) is 0.590. The number of thiophene rings is 2. The highest BCUT2D eigenvalue weighted by Gasteiger charge is 2.16. The lowest BCUT2D eigenvalue weighted by molar-refractivity contribution is 0.556. The van der Waals surface area contributed by atoms with E-state index in [0.29, 0.717) is 0 Å². The number of rotatable bonds is 5. The highest BCUT2D eigenvalue weighted by molar-refractivity contribution is 9.10. The Balaban J connectivity index is 1.88. The van der Waals surface area contributed by atoms with Crippen LogP contribution in [0.1, 0.15) is 23.4 Å². The van der Waals surface area contributed by atoms with E-state index in [9.17, 15) is 4.39 Å². The molecule has 2 heterocycles. The summed E-state index contributed by atoms with van der Waals surface area (Å²) in [5.74, 6) is -0.206. The summed E-state index contributed by atoms with van der Waals surface area (Å²) in [5, 5.41) is 5.67. The Morgan fingerprint density at radius 3 is 2.81 bits per heavy atom. The maximum Gasteiger partial charge on any atom is 0.124 e. The van der Waals surface area contributed by atoms with E-state index in [1.165, 1.54) is 26.4 Å². The summed E-state index contributed by atoms with van der Waals surface area (Å²) in [6.07, 6.45) is 0.850. The first kappa shape index (κ1) is 15.2. The second-order valence-electron chi connectivity index (χ2n) is 4.85. The highest BCUT2D eigenvalue weighted by atomic mass is 79.9. The Morgan fingerprint density at radius 1 is 1.24 bits per heavy atom. The van der Waals surface area contributed by atoms with Gasteiger partial charge in [-0.25, -0.2) is 4.39 Å². The molecule has 0 fully saturated rings. The Kier molecular flexibility index (Phi) is 4.74. The van der Waals surface area contributed by atoms with Crippen molar-refractivity contribution in [3.05, 3.63) is 56.4 Å². The molecule has 3 aromatic rings. The van der Waals surface area contributed by atoms with E-state index in [4.69, 9.17) is 0 Å². The maximum absolute atomic E-state index is 13.2. The van der Waals surface area contributed by atoms with Crippen molar-refractivity contribution in [3.8, 4) is 0 Å². The molecule has 1 aromatic carbocycles. The van der Waals surface area contributed by atoms with E-state index in [0.717, 1.165) is 23.0 Å². The van der Waals surface area contributed by atoms with Gasteiger partial charge in [0.15, 0.2) is 0 Å². The van der Waals surface area contributed by atoms with Crippen LogP contribution in [0.5, 0.6) is 0 Å². The highest BCUT2D eigenvalue weighted by Crippen LogP contribution is 2.35. The summed E-state index contributed by atoms with van der Waals surface area (Å²) in [7, 11) is 0. The van der Waals surface area contributed by atoms with Crippen molar-refractivity contribution < 1.29 is 4.39 Å². The second-order valence-corrected chi connectivity index (χ2v) is 7.77. The molecule has 1 unspecified atom stereocenters. The van der Waals surface area contributed by atoms with Crippen LogP contribution in [-0.4, -0.2) is 6.54 Å². The number of likely N-dealkylation sites (N-methyl/N-ethyl adjacent to an activating group) is 1. The average molecular weight is 384 g/mol. The SMILES string of the molecule is CCNC(Cc1ccc(F)cc1Br)c1cc2sccc2s1. The van der Waals surface area contributed by atoms with Crippen LogP contribution in [-0.2, 0) is 6.42 Å². The molecule has 5 heteroatoms. The summed E-state index contributed by atoms with van der Waals surface area (Å²) in [5.41, 5.74) is 1.12. The molecule has 0 radical (unpaired) electrons. The van der Waals surface area contributed by atoms with Crippen molar-refractivity contribution in [1.82, 2.24) is 5.32 Å². The molecule has 0 saturated carbocycles. The summed E-state index contributed by atoms with van der Waals surface area (Å²) in [6.45, 7) is 3.03. The van der Waals surface area contributed by atoms with Gasteiger partial charge in [-0.3, -0.25) is 0 Å². The van der Waals surface area contributed by atoms with Crippen LogP contribution in [0.15, 0.2) is 40.2 Å². The van der Waals surface area contributed by atoms with Crippen molar-refractivity contribution in [3.63, 3.8) is 0 Å². The Labute approximate surface area is 139 Å². The van der Waals surface area contributed by atoms with Crippen LogP contribution in [0.25, 0.3) is 9.40 Å². The van der Waals surface area contributed by atoms with Gasteiger partial charge in [0.1, 0.15) is 5.82 Å². The third-order valence-electron chi connectivity index (χ3n) is 3.39. The molecule has 1 nitrogen and oxygen atoms in total. The number of benzene rings is 1. The molecule has 0 spiro atoms. The number of nitrogens with one attached hydrogen (secondary N) is 1. The minimum Gasteiger partial charge on any atom is -0.309 e. The smallest absolute Gasteiger partial charge is 0.124 e. The molecule has 0 aliphatic carbocycles. The maximum atomic E-state index is 13.2. The Hall–Kier alpha value is -0.750. The molecule has 0 saturated heterocycles. The van der Waals surface area contributed by atoms with Gasteiger partial charge >= 0.3 is 0 Å². The predicted molar refractivity (Wildman–Crippen MR) is 93.9 cm³/mol. The normalized spacial score (nSPS) is 12.9. The van der Waals surface area contributed by atoms with Gasteiger partial charge in [0, 0.05) is 24.8 Å². The van der Waals surface area contributed by atoms with E-state index < -0.39 is 0 Å². The zero-order valence-corrected chi connectivity index (χ0v) is 14.7. The topological polar surface area (TPSA) is 12.0 Å². The van der Waals surface area contributed by atoms with Crippen molar-refractivity contribution >= 4 is 48.0 Å². The first-order chi connectivity index (χ1) is 10.2. The number of hydrogen-bond donors (Lipinski definition) is 1. The van der Waals surface area contributed by atoms with E-state index >= 15 is 0 Å². The molecule has 21 heavy (non-hydrogen) atoms. The molecule has 110 valence electrons. The Bertz CT molecular complexity index is 721. The lowest BCUT2D eigenvalue weighted by atomic mass is 10.0. The van der Waals surface area contributed by atoms with E-state index in [2.05, 4.69) is 45.7 Å². The molecule has 0 aliphatic rings. The molecule has 0 amide bonds. The van der Waals surface area contributed by atoms with Crippen LogP contribution in [0, 0.1) is 5.82 Å². The minimum absolute atomic E-state index is 0.206. The fourth-order valence-electron chi connectivity index (χ4n) is 2.38. The van der Waals surface area contributed by atoms with Gasteiger partial charge in [-0.05, 0) is 48.2 Å². The van der Waals surface area contributed by atoms with Gasteiger partial charge in [-0.15, -0.1) is 22.7 Å². The molecule has 0 aliphatic heterocycles. The predicted octanol–water partition coefficient (Wildman–Crippen LogP) is 5.76. The monoisotopic (exact) mass is 383 g/mol. The summed E-state index contributed by atoms with van der Waals surface area (Å²) in [4.78, 5) is 1.34. The number of hydrogen-bond acceptors (Lipinski definition) is 3. The van der Waals surface area contributed by atoms with Gasteiger partial charge in [0.25, 0.3) is 0 Å². The van der Waals surface area contributed by atoms with E-state index in [-0.39, 0.29) is 11.9 Å². The minimum atomic E-state index is -0.206. The van der Waals surface area contributed by atoms with Crippen LogP contribution in [0.4, 0.5) is 4.39 Å². The summed E-state index contributed by atoms with van der Waals surface area (Å²) < 4.78 is 16.7. The van der Waals surface area contributed by atoms with Gasteiger partial charge in [-0.1, -0.05) is 28.9 Å². The van der Waals surface area contributed by atoms with Crippen LogP contribution < -0.4 is 5.32 Å². The van der Waals surface area contributed by atoms with E-state index in [1.54, 1.807) is 11.3 Å². The molecule has 1 N–H and O–H groups in total. The zero-order valence-electron chi connectivity index (χ0n) is 11.5. The van der Waals surface area contributed by atoms with Crippen LogP contribution >= 0.6 is 38.6 Å². The average Bonchev–Trinajstić information content (AvgIpc) is 3.02. The summed E-state index contributed by atoms with van der Waals surface area (Å²) in [6, 6.07) is 9.63. The second kappa shape index (κ2) is 6.57. The van der Waals surface area contributed by atoms with Gasteiger partial charge < -0.3 is 5.32 Å². The molecule has 1 atom stereocenters. The molecular formula is C16H15BrFNS2. The third kappa shape index (κ3) is 3.37. The molecule has 0 bridgehead atoms. The lowest BCUT2D eigenvalue weighted by Crippen LogP contribution is -2.22. The molecule has 2 aromatic heterocycles. The first-order valence-corrected chi connectivity index (χ1v) is 9.30.